The van der Waals surface area contributed by atoms with Gasteiger partial charge in [-0.15, -0.1) is 0 Å². The number of carbonyl (C=O) groups excluding carboxylic acids is 4. The molecule has 8 nitrogen and oxygen atoms in total. The minimum absolute atomic E-state index is 0.0159. The molecule has 1 aromatic carbocycles. The van der Waals surface area contributed by atoms with E-state index in [0.29, 0.717) is 12.1 Å². The molecule has 1 aromatic rings. The van der Waals surface area contributed by atoms with E-state index in [9.17, 15) is 19.2 Å². The average Bonchev–Trinajstić information content (AvgIpc) is 2.83. The van der Waals surface area contributed by atoms with Gasteiger partial charge in [0.2, 0.25) is 5.91 Å². The molecule has 1 heterocycles. The summed E-state index contributed by atoms with van der Waals surface area (Å²) in [6.07, 6.45) is 3.30. The molecule has 6 amide bonds. The second-order valence-electron chi connectivity index (χ2n) is 6.81. The molecule has 1 aliphatic heterocycles. The van der Waals surface area contributed by atoms with Crippen molar-refractivity contribution in [1.82, 2.24) is 15.5 Å². The van der Waals surface area contributed by atoms with Crippen molar-refractivity contribution in [2.75, 3.05) is 11.9 Å². The summed E-state index contributed by atoms with van der Waals surface area (Å²) in [5.74, 6) is -1.09. The number of para-hydroxylation sites is 1. The van der Waals surface area contributed by atoms with Gasteiger partial charge in [0.25, 0.3) is 5.91 Å². The molecular weight excluding hydrogens is 336 g/mol. The fraction of sp³-hybridized carbons (Fsp3) is 0.444. The van der Waals surface area contributed by atoms with Crippen molar-refractivity contribution in [2.45, 2.75) is 38.1 Å². The third kappa shape index (κ3) is 3.40. The van der Waals surface area contributed by atoms with Crippen molar-refractivity contribution < 1.29 is 19.2 Å². The molecule has 2 aliphatic rings. The van der Waals surface area contributed by atoms with E-state index in [0.717, 1.165) is 24.2 Å². The van der Waals surface area contributed by atoms with Crippen LogP contribution in [0.3, 0.4) is 0 Å². The number of nitrogens with one attached hydrogen (secondary N) is 3. The Morgan fingerprint density at radius 1 is 1.23 bits per heavy atom. The van der Waals surface area contributed by atoms with Gasteiger partial charge in [-0.05, 0) is 30.9 Å². The van der Waals surface area contributed by atoms with Crippen molar-refractivity contribution in [3.05, 3.63) is 30.3 Å². The lowest BCUT2D eigenvalue weighted by Crippen LogP contribution is -2.54. The topological polar surface area (TPSA) is 108 Å². The molecule has 2 fully saturated rings. The van der Waals surface area contributed by atoms with Crippen LogP contribution in [0.4, 0.5) is 15.3 Å². The maximum atomic E-state index is 12.8. The van der Waals surface area contributed by atoms with Crippen LogP contribution in [0.15, 0.2) is 30.3 Å². The lowest BCUT2D eigenvalue weighted by Gasteiger charge is -2.36. The molecule has 8 heteroatoms. The molecule has 0 radical (unpaired) electrons. The second kappa shape index (κ2) is 7.15. The fourth-order valence-electron chi connectivity index (χ4n) is 3.63. The van der Waals surface area contributed by atoms with Crippen LogP contribution in [0.1, 0.15) is 32.6 Å². The van der Waals surface area contributed by atoms with E-state index < -0.39 is 30.1 Å². The first kappa shape index (κ1) is 17.9. The number of imide groups is 2. The Kier molecular flexibility index (Phi) is 4.92. The molecule has 1 spiro atoms. The molecule has 26 heavy (non-hydrogen) atoms. The largest absolute Gasteiger partial charge is 0.325 e. The van der Waals surface area contributed by atoms with E-state index >= 15 is 0 Å². The Morgan fingerprint density at radius 3 is 2.65 bits per heavy atom. The van der Waals surface area contributed by atoms with Crippen molar-refractivity contribution >= 4 is 29.6 Å². The number of benzene rings is 1. The monoisotopic (exact) mass is 358 g/mol. The molecule has 1 saturated carbocycles. The van der Waals surface area contributed by atoms with Crippen molar-refractivity contribution in [1.29, 1.82) is 0 Å². The first-order valence-electron chi connectivity index (χ1n) is 8.72. The Morgan fingerprint density at radius 2 is 1.96 bits per heavy atom. The lowest BCUT2D eigenvalue weighted by atomic mass is 9.73. The number of hydrogen-bond acceptors (Lipinski definition) is 4. The van der Waals surface area contributed by atoms with Crippen molar-refractivity contribution in [3.8, 4) is 0 Å². The van der Waals surface area contributed by atoms with Crippen LogP contribution in [-0.4, -0.2) is 40.9 Å². The average molecular weight is 358 g/mol. The first-order valence-corrected chi connectivity index (χ1v) is 8.72. The molecule has 2 unspecified atom stereocenters. The summed E-state index contributed by atoms with van der Waals surface area (Å²) in [5.41, 5.74) is -0.384. The summed E-state index contributed by atoms with van der Waals surface area (Å²) in [7, 11) is 0. The highest BCUT2D eigenvalue weighted by atomic mass is 16.2. The number of hydrogen-bond donors (Lipinski definition) is 3. The van der Waals surface area contributed by atoms with Gasteiger partial charge in [-0.2, -0.15) is 0 Å². The number of amides is 6. The van der Waals surface area contributed by atoms with Gasteiger partial charge >= 0.3 is 12.1 Å². The molecule has 1 saturated heterocycles. The highest BCUT2D eigenvalue weighted by molar-refractivity contribution is 6.10. The van der Waals surface area contributed by atoms with Gasteiger partial charge in [0.1, 0.15) is 12.1 Å². The van der Waals surface area contributed by atoms with Crippen LogP contribution >= 0.6 is 0 Å². The summed E-state index contributed by atoms with van der Waals surface area (Å²) < 4.78 is 0. The lowest BCUT2D eigenvalue weighted by molar-refractivity contribution is -0.137. The van der Waals surface area contributed by atoms with E-state index in [2.05, 4.69) is 16.0 Å². The number of anilines is 1. The van der Waals surface area contributed by atoms with E-state index in [1.54, 1.807) is 30.3 Å². The van der Waals surface area contributed by atoms with Crippen molar-refractivity contribution in [3.63, 3.8) is 0 Å². The summed E-state index contributed by atoms with van der Waals surface area (Å²) in [6.45, 7) is 1.45. The summed E-state index contributed by atoms with van der Waals surface area (Å²) in [5, 5.41) is 7.42. The predicted octanol–water partition coefficient (Wildman–Crippen LogP) is 1.84. The molecule has 2 atom stereocenters. The number of nitrogens with zero attached hydrogens (tertiary/aromatic N) is 1. The van der Waals surface area contributed by atoms with Crippen LogP contribution in [0.5, 0.6) is 0 Å². The van der Waals surface area contributed by atoms with E-state index in [4.69, 9.17) is 0 Å². The molecule has 0 aromatic heterocycles. The van der Waals surface area contributed by atoms with Gasteiger partial charge in [-0.25, -0.2) is 9.59 Å². The van der Waals surface area contributed by atoms with Gasteiger partial charge in [0.15, 0.2) is 0 Å². The van der Waals surface area contributed by atoms with Crippen LogP contribution in [0, 0.1) is 5.92 Å². The zero-order valence-corrected chi connectivity index (χ0v) is 14.6. The minimum atomic E-state index is -0.915. The molecular formula is C18H22N4O4. The minimum Gasteiger partial charge on any atom is -0.323 e. The maximum Gasteiger partial charge on any atom is 0.325 e. The van der Waals surface area contributed by atoms with Crippen LogP contribution in [0.25, 0.3) is 0 Å². The molecule has 138 valence electrons. The highest BCUT2D eigenvalue weighted by Gasteiger charge is 2.55. The Balaban J connectivity index is 1.59. The molecule has 3 rings (SSSR count). The normalized spacial score (nSPS) is 25.1. The quantitative estimate of drug-likeness (QED) is 0.717. The van der Waals surface area contributed by atoms with Crippen LogP contribution in [0.2, 0.25) is 0 Å². The third-order valence-corrected chi connectivity index (χ3v) is 5.09. The van der Waals surface area contributed by atoms with Gasteiger partial charge in [-0.3, -0.25) is 19.8 Å². The maximum absolute atomic E-state index is 12.8. The third-order valence-electron chi connectivity index (χ3n) is 5.09. The van der Waals surface area contributed by atoms with Gasteiger partial charge in [0.05, 0.1) is 0 Å². The molecule has 0 bridgehead atoms. The standard InChI is InChI=1S/C18H22N4O4/c1-12-7-5-6-10-18(12)15(24)22(17(26)21-18)11-14(23)20-16(25)19-13-8-3-2-4-9-13/h2-4,8-9,12H,5-7,10-11H2,1H3,(H,21,26)(H2,19,20,23,25). The smallest absolute Gasteiger partial charge is 0.323 e. The van der Waals surface area contributed by atoms with E-state index in [1.165, 1.54) is 0 Å². The Bertz CT molecular complexity index is 736. The van der Waals surface area contributed by atoms with Crippen LogP contribution < -0.4 is 16.0 Å². The fourth-order valence-corrected chi connectivity index (χ4v) is 3.63. The predicted molar refractivity (Wildman–Crippen MR) is 94.2 cm³/mol. The highest BCUT2D eigenvalue weighted by Crippen LogP contribution is 2.38. The Labute approximate surface area is 151 Å². The van der Waals surface area contributed by atoms with Gasteiger partial charge in [-0.1, -0.05) is 38.0 Å². The summed E-state index contributed by atoms with van der Waals surface area (Å²) in [6, 6.07) is 7.35. The van der Waals surface area contributed by atoms with Crippen LogP contribution in [-0.2, 0) is 9.59 Å². The second-order valence-corrected chi connectivity index (χ2v) is 6.81. The van der Waals surface area contributed by atoms with Gasteiger partial charge in [0, 0.05) is 5.69 Å². The molecule has 3 N–H and O–H groups in total. The summed E-state index contributed by atoms with van der Waals surface area (Å²) >= 11 is 0. The molecule has 1 aliphatic carbocycles. The summed E-state index contributed by atoms with van der Waals surface area (Å²) in [4.78, 5) is 49.9. The van der Waals surface area contributed by atoms with Gasteiger partial charge < -0.3 is 10.6 Å². The van der Waals surface area contributed by atoms with Crippen molar-refractivity contribution in [2.24, 2.45) is 5.92 Å². The zero-order valence-electron chi connectivity index (χ0n) is 14.6. The number of rotatable bonds is 3. The Hall–Kier alpha value is -2.90. The first-order chi connectivity index (χ1) is 12.4. The number of carbonyl (C=O) groups is 4. The van der Waals surface area contributed by atoms with E-state index in [1.807, 2.05) is 6.92 Å². The zero-order chi connectivity index (χ0) is 18.7. The van der Waals surface area contributed by atoms with E-state index in [-0.39, 0.29) is 11.8 Å². The number of urea groups is 2. The SMILES string of the molecule is CC1CCCCC12NC(=O)N(CC(=O)NC(=O)Nc1ccccc1)C2=O.